The predicted molar refractivity (Wildman–Crippen MR) is 79.7 cm³/mol. The van der Waals surface area contributed by atoms with Crippen LogP contribution in [-0.2, 0) is 6.18 Å². The van der Waals surface area contributed by atoms with E-state index >= 15 is 0 Å². The molecule has 3 nitrogen and oxygen atoms in total. The maximum atomic E-state index is 12.7. The molecule has 1 aromatic heterocycles. The van der Waals surface area contributed by atoms with E-state index in [1.165, 1.54) is 6.07 Å². The van der Waals surface area contributed by atoms with Gasteiger partial charge in [0.05, 0.1) is 15.8 Å². The Kier molecular flexibility index (Phi) is 4.94. The molecule has 1 heterocycles. The predicted octanol–water partition coefficient (Wildman–Crippen LogP) is 5.13. The molecule has 0 radical (unpaired) electrons. The van der Waals surface area contributed by atoms with E-state index in [9.17, 15) is 18.3 Å². The van der Waals surface area contributed by atoms with E-state index in [1.54, 1.807) is 0 Å². The number of halogens is 4. The largest absolute Gasteiger partial charge is 0.511 e. The van der Waals surface area contributed by atoms with Gasteiger partial charge in [0.25, 0.3) is 0 Å². The van der Waals surface area contributed by atoms with Crippen LogP contribution in [0.15, 0.2) is 24.0 Å². The van der Waals surface area contributed by atoms with Gasteiger partial charge in [-0.25, -0.2) is 4.98 Å². The summed E-state index contributed by atoms with van der Waals surface area (Å²) >= 11 is 6.59. The number of benzene rings is 1. The fourth-order valence-corrected chi connectivity index (χ4v) is 2.90. The average molecular weight is 347 g/mol. The molecule has 0 aliphatic heterocycles. The summed E-state index contributed by atoms with van der Waals surface area (Å²) in [5, 5.41) is 19.2. The van der Waals surface area contributed by atoms with Gasteiger partial charge < -0.3 is 5.11 Å². The van der Waals surface area contributed by atoms with Gasteiger partial charge >= 0.3 is 6.18 Å². The Morgan fingerprint density at radius 3 is 2.73 bits per heavy atom. The van der Waals surface area contributed by atoms with E-state index in [0.717, 1.165) is 23.5 Å². The molecule has 8 heteroatoms. The monoisotopic (exact) mass is 346 g/mol. The molecule has 0 spiro atoms. The molecule has 0 aliphatic carbocycles. The number of hydrogen-bond acceptors (Lipinski definition) is 4. The molecule has 0 amide bonds. The highest BCUT2D eigenvalue weighted by atomic mass is 35.5. The summed E-state index contributed by atoms with van der Waals surface area (Å²) in [6.45, 7) is 0. The molecule has 2 aromatic rings. The highest BCUT2D eigenvalue weighted by molar-refractivity contribution is 7.19. The molecule has 1 aromatic carbocycles. The Morgan fingerprint density at radius 2 is 2.14 bits per heavy atom. The van der Waals surface area contributed by atoms with E-state index in [4.69, 9.17) is 16.9 Å². The first-order valence-electron chi connectivity index (χ1n) is 6.23. The molecule has 116 valence electrons. The third-order valence-corrected chi connectivity index (χ3v) is 4.20. The van der Waals surface area contributed by atoms with E-state index in [1.807, 2.05) is 6.07 Å². The maximum absolute atomic E-state index is 12.7. The van der Waals surface area contributed by atoms with Crippen molar-refractivity contribution in [3.63, 3.8) is 0 Å². The van der Waals surface area contributed by atoms with Crippen molar-refractivity contribution in [2.75, 3.05) is 5.88 Å². The highest BCUT2D eigenvalue weighted by Crippen LogP contribution is 2.34. The minimum atomic E-state index is -4.45. The minimum Gasteiger partial charge on any atom is -0.511 e. The zero-order chi connectivity index (χ0) is 16.3. The lowest BCUT2D eigenvalue weighted by atomic mass is 10.2. The zero-order valence-electron chi connectivity index (χ0n) is 11.1. The smallest absolute Gasteiger partial charge is 0.416 e. The normalized spacial score (nSPS) is 13.0. The number of nitriles is 1. The molecule has 22 heavy (non-hydrogen) atoms. The van der Waals surface area contributed by atoms with Crippen LogP contribution in [0.25, 0.3) is 15.8 Å². The Labute approximate surface area is 133 Å². The van der Waals surface area contributed by atoms with E-state index in [0.29, 0.717) is 17.0 Å². The molecule has 0 fully saturated rings. The summed E-state index contributed by atoms with van der Waals surface area (Å²) < 4.78 is 38.5. The van der Waals surface area contributed by atoms with Gasteiger partial charge in [0.2, 0.25) is 0 Å². The number of hydrogen-bond donors (Lipinski definition) is 1. The van der Waals surface area contributed by atoms with E-state index in [2.05, 4.69) is 4.98 Å². The second-order valence-corrected chi connectivity index (χ2v) is 5.83. The summed E-state index contributed by atoms with van der Waals surface area (Å²) in [7, 11) is 0. The van der Waals surface area contributed by atoms with E-state index in [-0.39, 0.29) is 28.3 Å². The molecule has 0 atom stereocenters. The van der Waals surface area contributed by atoms with Crippen molar-refractivity contribution in [3.8, 4) is 6.07 Å². The van der Waals surface area contributed by atoms with Gasteiger partial charge in [-0.15, -0.1) is 22.9 Å². The molecule has 0 saturated carbocycles. The molecule has 2 rings (SSSR count). The van der Waals surface area contributed by atoms with Gasteiger partial charge in [0.1, 0.15) is 22.4 Å². The van der Waals surface area contributed by atoms with E-state index < -0.39 is 11.7 Å². The minimum absolute atomic E-state index is 0.0279. The number of alkyl halides is 4. The van der Waals surface area contributed by atoms with Crippen molar-refractivity contribution >= 4 is 38.7 Å². The first kappa shape index (κ1) is 16.6. The maximum Gasteiger partial charge on any atom is 0.416 e. The fourth-order valence-electron chi connectivity index (χ4n) is 1.81. The van der Waals surface area contributed by atoms with Crippen molar-refractivity contribution in [1.29, 1.82) is 5.26 Å². The lowest BCUT2D eigenvalue weighted by molar-refractivity contribution is -0.137. The van der Waals surface area contributed by atoms with Crippen molar-refractivity contribution < 1.29 is 18.3 Å². The number of nitrogens with zero attached hydrogens (tertiary/aromatic N) is 2. The second-order valence-electron chi connectivity index (χ2n) is 4.43. The Balaban J connectivity index is 2.46. The molecule has 0 aliphatic rings. The van der Waals surface area contributed by atoms with Crippen molar-refractivity contribution in [1.82, 2.24) is 4.98 Å². The first-order valence-corrected chi connectivity index (χ1v) is 7.58. The van der Waals surface area contributed by atoms with Crippen molar-refractivity contribution in [3.05, 3.63) is 34.5 Å². The van der Waals surface area contributed by atoms with Crippen LogP contribution in [0, 0.1) is 11.3 Å². The molecule has 0 unspecified atom stereocenters. The zero-order valence-corrected chi connectivity index (χ0v) is 12.7. The van der Waals surface area contributed by atoms with Crippen molar-refractivity contribution in [2.24, 2.45) is 0 Å². The number of aliphatic hydroxyl groups excluding tert-OH is 1. The Bertz CT molecular complexity index is 762. The number of allylic oxidation sites excluding steroid dienone is 2. The second kappa shape index (κ2) is 6.55. The van der Waals surface area contributed by atoms with Crippen LogP contribution in [0.3, 0.4) is 0 Å². The molecule has 1 N–H and O–H groups in total. The van der Waals surface area contributed by atoms with Crippen LogP contribution in [0.1, 0.15) is 23.4 Å². The van der Waals surface area contributed by atoms with Crippen LogP contribution >= 0.6 is 22.9 Å². The third-order valence-electron chi connectivity index (χ3n) is 2.88. The highest BCUT2D eigenvalue weighted by Gasteiger charge is 2.31. The van der Waals surface area contributed by atoms with Gasteiger partial charge in [-0.05, 0) is 24.6 Å². The van der Waals surface area contributed by atoms with Gasteiger partial charge in [0.15, 0.2) is 0 Å². The van der Waals surface area contributed by atoms with Crippen LogP contribution in [0.4, 0.5) is 13.2 Å². The Hall–Kier alpha value is -1.78. The summed E-state index contributed by atoms with van der Waals surface area (Å²) in [6.07, 6.45) is -3.74. The topological polar surface area (TPSA) is 56.9 Å². The SMILES string of the molecule is N#C/C(=C(/O)CCCCl)c1nc2cc(C(F)(F)F)ccc2s1. The summed E-state index contributed by atoms with van der Waals surface area (Å²) in [6, 6.07) is 5.05. The molecule has 0 bridgehead atoms. The quantitative estimate of drug-likeness (QED) is 0.474. The number of rotatable bonds is 4. The van der Waals surface area contributed by atoms with Gasteiger partial charge in [0, 0.05) is 12.3 Å². The third kappa shape index (κ3) is 3.51. The summed E-state index contributed by atoms with van der Waals surface area (Å²) in [5.41, 5.74) is -0.682. The van der Waals surface area contributed by atoms with Crippen LogP contribution in [0.2, 0.25) is 0 Å². The fraction of sp³-hybridized carbons (Fsp3) is 0.286. The number of aliphatic hydroxyl groups is 1. The standard InChI is InChI=1S/C14H10ClF3N2OS/c15-5-1-2-11(21)9(7-19)13-20-10-6-8(14(16,17)18)3-4-12(10)22-13/h3-4,6,21H,1-2,5H2/b11-9-. The molecular formula is C14H10ClF3N2OS. The van der Waals surface area contributed by atoms with Crippen LogP contribution in [-0.4, -0.2) is 16.0 Å². The lowest BCUT2D eigenvalue weighted by Gasteiger charge is -2.04. The van der Waals surface area contributed by atoms with Crippen LogP contribution in [0.5, 0.6) is 0 Å². The van der Waals surface area contributed by atoms with Gasteiger partial charge in [-0.1, -0.05) is 0 Å². The van der Waals surface area contributed by atoms with Crippen molar-refractivity contribution in [2.45, 2.75) is 19.0 Å². The molecular weight excluding hydrogens is 337 g/mol. The summed E-state index contributed by atoms with van der Waals surface area (Å²) in [5.74, 6) is 0.177. The van der Waals surface area contributed by atoms with Gasteiger partial charge in [-0.3, -0.25) is 0 Å². The lowest BCUT2D eigenvalue weighted by Crippen LogP contribution is -2.03. The number of aromatic nitrogens is 1. The number of fused-ring (bicyclic) bond motifs is 1. The first-order chi connectivity index (χ1) is 10.4. The summed E-state index contributed by atoms with van der Waals surface area (Å²) in [4.78, 5) is 4.03. The van der Waals surface area contributed by atoms with Crippen LogP contribution < -0.4 is 0 Å². The van der Waals surface area contributed by atoms with Gasteiger partial charge in [-0.2, -0.15) is 18.4 Å². The average Bonchev–Trinajstić information content (AvgIpc) is 2.87. The number of thiazole rings is 1. The molecule has 0 saturated heterocycles. The Morgan fingerprint density at radius 1 is 1.41 bits per heavy atom.